The maximum absolute atomic E-state index is 14.1. The predicted molar refractivity (Wildman–Crippen MR) is 141 cm³/mol. The number of hydrogen-bond acceptors (Lipinski definition) is 3. The molecule has 0 bridgehead atoms. The molecule has 3 aromatic carbocycles. The van der Waals surface area contributed by atoms with Gasteiger partial charge in [0.1, 0.15) is 5.52 Å². The van der Waals surface area contributed by atoms with Gasteiger partial charge >= 0.3 is 0 Å². The lowest BCUT2D eigenvalue weighted by Gasteiger charge is -2.22. The van der Waals surface area contributed by atoms with Crippen molar-refractivity contribution < 1.29 is 4.79 Å². The molecule has 1 atom stereocenters. The monoisotopic (exact) mass is 464 g/mol. The molecule has 1 amide bonds. The summed E-state index contributed by atoms with van der Waals surface area (Å²) in [5.74, 6) is -0.228. The number of carbonyl (C=O) groups excluding carboxylic acids is 1. The van der Waals surface area contributed by atoms with Crippen LogP contribution in [0.3, 0.4) is 0 Å². The summed E-state index contributed by atoms with van der Waals surface area (Å²) in [5.41, 5.74) is 4.20. The van der Waals surface area contributed by atoms with Gasteiger partial charge in [-0.05, 0) is 50.1 Å². The Hall–Kier alpha value is -4.19. The Bertz CT molecular complexity index is 1600. The highest BCUT2D eigenvalue weighted by molar-refractivity contribution is 6.20. The molecule has 5 aromatic rings. The molecule has 0 saturated heterocycles. The molecular weight excluding hydrogens is 436 g/mol. The topological polar surface area (TPSA) is 60.1 Å². The molecule has 0 aliphatic heterocycles. The van der Waals surface area contributed by atoms with Crippen LogP contribution in [0.2, 0.25) is 0 Å². The van der Waals surface area contributed by atoms with Gasteiger partial charge in [-0.15, -0.1) is 0 Å². The quantitative estimate of drug-likeness (QED) is 0.346. The van der Waals surface area contributed by atoms with E-state index in [9.17, 15) is 9.59 Å². The summed E-state index contributed by atoms with van der Waals surface area (Å²) >= 11 is 0. The maximum atomic E-state index is 14.1. The predicted octanol–water partition coefficient (Wildman–Crippen LogP) is 5.47. The number of benzene rings is 3. The van der Waals surface area contributed by atoms with E-state index in [-0.39, 0.29) is 23.2 Å². The van der Waals surface area contributed by atoms with Gasteiger partial charge in [-0.2, -0.15) is 5.10 Å². The van der Waals surface area contributed by atoms with Crippen molar-refractivity contribution in [1.29, 1.82) is 0 Å². The lowest BCUT2D eigenvalue weighted by atomic mass is 10.1. The zero-order valence-electron chi connectivity index (χ0n) is 20.4. The van der Waals surface area contributed by atoms with E-state index in [1.807, 2.05) is 111 Å². The minimum atomic E-state index is -0.342. The van der Waals surface area contributed by atoms with Crippen LogP contribution in [0.25, 0.3) is 21.8 Å². The summed E-state index contributed by atoms with van der Waals surface area (Å²) in [6.07, 6.45) is 0. The molecule has 0 aliphatic carbocycles. The van der Waals surface area contributed by atoms with Crippen LogP contribution in [0.5, 0.6) is 0 Å². The van der Waals surface area contributed by atoms with Crippen molar-refractivity contribution in [3.8, 4) is 0 Å². The number of amides is 1. The third kappa shape index (κ3) is 3.62. The van der Waals surface area contributed by atoms with Crippen molar-refractivity contribution in [2.45, 2.75) is 26.8 Å². The normalized spacial score (nSPS) is 12.2. The summed E-state index contributed by atoms with van der Waals surface area (Å²) < 4.78 is 3.35. The van der Waals surface area contributed by atoms with Gasteiger partial charge in [-0.1, -0.05) is 60.7 Å². The van der Waals surface area contributed by atoms with Gasteiger partial charge in [0.2, 0.25) is 0 Å². The maximum Gasteiger partial charge on any atom is 0.291 e. The summed E-state index contributed by atoms with van der Waals surface area (Å²) in [6, 6.07) is 24.9. The molecule has 35 heavy (non-hydrogen) atoms. The zero-order valence-corrected chi connectivity index (χ0v) is 20.4. The van der Waals surface area contributed by atoms with E-state index >= 15 is 0 Å². The van der Waals surface area contributed by atoms with E-state index in [4.69, 9.17) is 5.10 Å². The molecule has 176 valence electrons. The Balaban J connectivity index is 1.86. The van der Waals surface area contributed by atoms with Crippen molar-refractivity contribution in [3.63, 3.8) is 0 Å². The molecule has 0 aliphatic rings. The van der Waals surface area contributed by atoms with Crippen LogP contribution in [0.15, 0.2) is 83.7 Å². The van der Waals surface area contributed by atoms with E-state index in [0.717, 1.165) is 27.7 Å². The first kappa shape index (κ1) is 22.6. The van der Waals surface area contributed by atoms with E-state index < -0.39 is 0 Å². The summed E-state index contributed by atoms with van der Waals surface area (Å²) in [7, 11) is 1.88. The third-order valence-electron chi connectivity index (χ3n) is 6.77. The molecule has 2 heterocycles. The zero-order chi connectivity index (χ0) is 24.7. The van der Waals surface area contributed by atoms with Gasteiger partial charge < -0.3 is 9.47 Å². The van der Waals surface area contributed by atoms with E-state index in [0.29, 0.717) is 17.4 Å². The molecule has 5 rings (SSSR count). The van der Waals surface area contributed by atoms with Crippen LogP contribution in [0.4, 0.5) is 5.69 Å². The number of rotatable bonds is 5. The molecule has 0 saturated carbocycles. The minimum absolute atomic E-state index is 0.214. The average Bonchev–Trinajstić information content (AvgIpc) is 3.19. The number of hydrogen-bond donors (Lipinski definition) is 0. The standard InChI is InChI=1S/C29H28N4O2/c1-5-32(22-16-10-7-11-17-22)28(34)26-25-24-19(2)13-12-18-23(24)31(4)27(25)29(35)33(30-26)20(3)21-14-8-6-9-15-21/h6-18,20H,5H2,1-4H3. The van der Waals surface area contributed by atoms with E-state index in [2.05, 4.69) is 0 Å². The highest BCUT2D eigenvalue weighted by Crippen LogP contribution is 2.32. The third-order valence-corrected chi connectivity index (χ3v) is 6.77. The van der Waals surface area contributed by atoms with Crippen LogP contribution in [0.1, 0.15) is 41.5 Å². The van der Waals surface area contributed by atoms with Gasteiger partial charge in [-0.3, -0.25) is 9.59 Å². The second-order valence-corrected chi connectivity index (χ2v) is 8.82. The van der Waals surface area contributed by atoms with Crippen LogP contribution in [0, 0.1) is 6.92 Å². The fourth-order valence-corrected chi connectivity index (χ4v) is 4.92. The van der Waals surface area contributed by atoms with Crippen molar-refractivity contribution >= 4 is 33.4 Å². The smallest absolute Gasteiger partial charge is 0.291 e. The lowest BCUT2D eigenvalue weighted by Crippen LogP contribution is -2.35. The number of aromatic nitrogens is 3. The Morgan fingerprint density at radius 2 is 1.60 bits per heavy atom. The second kappa shape index (κ2) is 8.87. The van der Waals surface area contributed by atoms with Gasteiger partial charge in [-0.25, -0.2) is 4.68 Å². The molecule has 0 spiro atoms. The SMILES string of the molecule is CCN(C(=O)c1nn(C(C)c2ccccc2)c(=O)c2c1c1c(C)cccc1n2C)c1ccccc1. The van der Waals surface area contributed by atoms with Gasteiger partial charge in [0.25, 0.3) is 11.5 Å². The second-order valence-electron chi connectivity index (χ2n) is 8.82. The summed E-state index contributed by atoms with van der Waals surface area (Å²) in [5, 5.41) is 6.28. The molecule has 0 radical (unpaired) electrons. The first-order valence-corrected chi connectivity index (χ1v) is 11.9. The average molecular weight is 465 g/mol. The highest BCUT2D eigenvalue weighted by atomic mass is 16.2. The first-order chi connectivity index (χ1) is 16.9. The van der Waals surface area contributed by atoms with Crippen molar-refractivity contribution in [2.24, 2.45) is 7.05 Å². The molecule has 0 N–H and O–H groups in total. The van der Waals surface area contributed by atoms with Gasteiger partial charge in [0, 0.05) is 35.6 Å². The van der Waals surface area contributed by atoms with Crippen molar-refractivity contribution in [3.05, 3.63) is 106 Å². The Morgan fingerprint density at radius 3 is 2.26 bits per heavy atom. The summed E-state index contributed by atoms with van der Waals surface area (Å²) in [4.78, 5) is 29.7. The number of fused-ring (bicyclic) bond motifs is 3. The Labute approximate surface area is 204 Å². The molecule has 1 unspecified atom stereocenters. The Kier molecular flexibility index (Phi) is 5.73. The van der Waals surface area contributed by atoms with Gasteiger partial charge in [0.05, 0.1) is 6.04 Å². The largest absolute Gasteiger partial charge is 0.339 e. The number of para-hydroxylation sites is 1. The Morgan fingerprint density at radius 1 is 0.943 bits per heavy atom. The van der Waals surface area contributed by atoms with Crippen molar-refractivity contribution in [1.82, 2.24) is 14.3 Å². The minimum Gasteiger partial charge on any atom is -0.339 e. The van der Waals surface area contributed by atoms with Gasteiger partial charge in [0.15, 0.2) is 5.69 Å². The van der Waals surface area contributed by atoms with E-state index in [1.165, 1.54) is 4.68 Å². The number of aryl methyl sites for hydroxylation is 2. The number of anilines is 1. The lowest BCUT2D eigenvalue weighted by molar-refractivity contribution is 0.0983. The molecule has 6 nitrogen and oxygen atoms in total. The summed E-state index contributed by atoms with van der Waals surface area (Å²) in [6.45, 7) is 6.36. The fourth-order valence-electron chi connectivity index (χ4n) is 4.92. The van der Waals surface area contributed by atoms with Crippen molar-refractivity contribution in [2.75, 3.05) is 11.4 Å². The fraction of sp³-hybridized carbons (Fsp3) is 0.207. The number of carbonyl (C=O) groups is 1. The number of nitrogens with zero attached hydrogens (tertiary/aromatic N) is 4. The highest BCUT2D eigenvalue weighted by Gasteiger charge is 2.28. The van der Waals surface area contributed by atoms with Crippen LogP contribution < -0.4 is 10.5 Å². The molecule has 6 heteroatoms. The molecule has 2 aromatic heterocycles. The van der Waals surface area contributed by atoms with E-state index in [1.54, 1.807) is 4.90 Å². The molecular formula is C29H28N4O2. The van der Waals surface area contributed by atoms with Crippen LogP contribution >= 0.6 is 0 Å². The van der Waals surface area contributed by atoms with Crippen LogP contribution in [-0.2, 0) is 7.05 Å². The molecule has 0 fully saturated rings. The van der Waals surface area contributed by atoms with Crippen LogP contribution in [-0.4, -0.2) is 26.8 Å². The first-order valence-electron chi connectivity index (χ1n) is 11.9.